The number of hydrogen-bond acceptors (Lipinski definition) is 2. The van der Waals surface area contributed by atoms with Gasteiger partial charge in [0, 0.05) is 6.42 Å². The van der Waals surface area contributed by atoms with Gasteiger partial charge in [-0.15, -0.1) is 6.58 Å². The number of nitrogens with one attached hydrogen (secondary N) is 1. The van der Waals surface area contributed by atoms with E-state index in [0.29, 0.717) is 19.3 Å². The zero-order valence-corrected chi connectivity index (χ0v) is 10.4. The second kappa shape index (κ2) is 5.84. The molecule has 2 atom stereocenters. The van der Waals surface area contributed by atoms with E-state index in [2.05, 4.69) is 11.9 Å². The number of carbonyl (C=O) groups excluding carboxylic acids is 1. The Labute approximate surface area is 102 Å². The molecule has 1 fully saturated rings. The Morgan fingerprint density at radius 1 is 1.53 bits per heavy atom. The molecule has 1 aliphatic rings. The minimum absolute atomic E-state index is 0.0828. The Balaban J connectivity index is 2.65. The highest BCUT2D eigenvalue weighted by Gasteiger charge is 2.41. The number of carboxylic acid groups (broad SMARTS) is 1. The molecular formula is C13H21NO3. The fourth-order valence-electron chi connectivity index (χ4n) is 2.49. The highest BCUT2D eigenvalue weighted by Crippen LogP contribution is 2.33. The first-order chi connectivity index (χ1) is 7.99. The van der Waals surface area contributed by atoms with E-state index in [4.69, 9.17) is 0 Å². The van der Waals surface area contributed by atoms with Gasteiger partial charge in [0.1, 0.15) is 0 Å². The van der Waals surface area contributed by atoms with Crippen molar-refractivity contribution in [2.75, 3.05) is 0 Å². The monoisotopic (exact) mass is 239 g/mol. The Bertz CT molecular complexity index is 314. The molecule has 0 bridgehead atoms. The summed E-state index contributed by atoms with van der Waals surface area (Å²) in [6.07, 6.45) is 5.98. The van der Waals surface area contributed by atoms with Gasteiger partial charge in [-0.2, -0.15) is 0 Å². The van der Waals surface area contributed by atoms with Crippen molar-refractivity contribution in [3.63, 3.8) is 0 Å². The van der Waals surface area contributed by atoms with E-state index in [9.17, 15) is 14.7 Å². The minimum Gasteiger partial charge on any atom is -0.481 e. The van der Waals surface area contributed by atoms with Crippen molar-refractivity contribution in [3.05, 3.63) is 12.7 Å². The molecule has 4 nitrogen and oxygen atoms in total. The Hall–Kier alpha value is -1.32. The highest BCUT2D eigenvalue weighted by atomic mass is 16.4. The average molecular weight is 239 g/mol. The predicted molar refractivity (Wildman–Crippen MR) is 65.6 cm³/mol. The molecule has 1 aliphatic carbocycles. The van der Waals surface area contributed by atoms with Crippen LogP contribution in [0.4, 0.5) is 0 Å². The van der Waals surface area contributed by atoms with E-state index in [0.717, 1.165) is 19.3 Å². The van der Waals surface area contributed by atoms with Crippen molar-refractivity contribution in [1.82, 2.24) is 5.32 Å². The van der Waals surface area contributed by atoms with Gasteiger partial charge in [-0.3, -0.25) is 9.59 Å². The van der Waals surface area contributed by atoms with Crippen LogP contribution in [0.5, 0.6) is 0 Å². The number of carboxylic acids is 1. The van der Waals surface area contributed by atoms with Crippen LogP contribution in [-0.2, 0) is 9.59 Å². The van der Waals surface area contributed by atoms with Crippen LogP contribution in [0.3, 0.4) is 0 Å². The number of rotatable bonds is 5. The van der Waals surface area contributed by atoms with Crippen molar-refractivity contribution < 1.29 is 14.7 Å². The summed E-state index contributed by atoms with van der Waals surface area (Å²) < 4.78 is 0. The molecule has 1 amide bonds. The summed E-state index contributed by atoms with van der Waals surface area (Å²) in [4.78, 5) is 22.9. The summed E-state index contributed by atoms with van der Waals surface area (Å²) in [5, 5.41) is 12.1. The van der Waals surface area contributed by atoms with Crippen molar-refractivity contribution in [1.29, 1.82) is 0 Å². The molecule has 4 heteroatoms. The second-order valence-electron chi connectivity index (χ2n) is 4.93. The van der Waals surface area contributed by atoms with Crippen LogP contribution in [0.2, 0.25) is 0 Å². The molecule has 0 saturated heterocycles. The molecule has 1 rings (SSSR count). The molecule has 2 unspecified atom stereocenters. The largest absolute Gasteiger partial charge is 0.481 e. The molecule has 0 aromatic carbocycles. The number of carbonyl (C=O) groups is 2. The lowest BCUT2D eigenvalue weighted by molar-refractivity contribution is -0.146. The molecule has 0 aliphatic heterocycles. The van der Waals surface area contributed by atoms with Crippen LogP contribution in [0.1, 0.15) is 45.4 Å². The average Bonchev–Trinajstić information content (AvgIpc) is 2.26. The van der Waals surface area contributed by atoms with Crippen LogP contribution < -0.4 is 5.32 Å². The lowest BCUT2D eigenvalue weighted by atomic mass is 9.74. The zero-order valence-electron chi connectivity index (χ0n) is 10.4. The van der Waals surface area contributed by atoms with Gasteiger partial charge in [-0.05, 0) is 26.2 Å². The fraction of sp³-hybridized carbons (Fsp3) is 0.692. The SMILES string of the molecule is C=CCCC(=O)NC1(C)CCCCC1C(=O)O. The molecule has 96 valence electrons. The van der Waals surface area contributed by atoms with Gasteiger partial charge in [0.15, 0.2) is 0 Å². The third-order valence-electron chi connectivity index (χ3n) is 3.51. The lowest BCUT2D eigenvalue weighted by Gasteiger charge is -2.39. The van der Waals surface area contributed by atoms with Crippen LogP contribution in [0.25, 0.3) is 0 Å². The fourth-order valence-corrected chi connectivity index (χ4v) is 2.49. The molecular weight excluding hydrogens is 218 g/mol. The normalized spacial score (nSPS) is 28.4. The number of amides is 1. The van der Waals surface area contributed by atoms with Gasteiger partial charge < -0.3 is 10.4 Å². The topological polar surface area (TPSA) is 66.4 Å². The van der Waals surface area contributed by atoms with Gasteiger partial charge in [0.25, 0.3) is 0 Å². The van der Waals surface area contributed by atoms with E-state index >= 15 is 0 Å². The Morgan fingerprint density at radius 3 is 2.82 bits per heavy atom. The summed E-state index contributed by atoms with van der Waals surface area (Å²) >= 11 is 0. The van der Waals surface area contributed by atoms with Crippen molar-refractivity contribution in [2.24, 2.45) is 5.92 Å². The molecule has 17 heavy (non-hydrogen) atoms. The van der Waals surface area contributed by atoms with Gasteiger partial charge in [-0.1, -0.05) is 18.9 Å². The van der Waals surface area contributed by atoms with Crippen molar-refractivity contribution in [3.8, 4) is 0 Å². The summed E-state index contributed by atoms with van der Waals surface area (Å²) in [5.74, 6) is -1.36. The predicted octanol–water partition coefficient (Wildman–Crippen LogP) is 2.10. The molecule has 0 aromatic heterocycles. The maximum Gasteiger partial charge on any atom is 0.308 e. The molecule has 0 radical (unpaired) electrons. The summed E-state index contributed by atoms with van der Waals surface area (Å²) in [5.41, 5.74) is -0.595. The Kier molecular flexibility index (Phi) is 4.73. The summed E-state index contributed by atoms with van der Waals surface area (Å²) in [7, 11) is 0. The summed E-state index contributed by atoms with van der Waals surface area (Å²) in [6.45, 7) is 5.41. The molecule has 0 spiro atoms. The zero-order chi connectivity index (χ0) is 12.9. The lowest BCUT2D eigenvalue weighted by Crippen LogP contribution is -2.55. The molecule has 0 heterocycles. The molecule has 2 N–H and O–H groups in total. The van der Waals surface area contributed by atoms with Gasteiger partial charge in [-0.25, -0.2) is 0 Å². The van der Waals surface area contributed by atoms with Crippen molar-refractivity contribution in [2.45, 2.75) is 51.0 Å². The van der Waals surface area contributed by atoms with Gasteiger partial charge in [0.05, 0.1) is 11.5 Å². The maximum atomic E-state index is 11.7. The van der Waals surface area contributed by atoms with E-state index in [-0.39, 0.29) is 5.91 Å². The van der Waals surface area contributed by atoms with Crippen molar-refractivity contribution >= 4 is 11.9 Å². The number of allylic oxidation sites excluding steroid dienone is 1. The maximum absolute atomic E-state index is 11.7. The third kappa shape index (κ3) is 3.58. The van der Waals surface area contributed by atoms with E-state index in [1.165, 1.54) is 0 Å². The second-order valence-corrected chi connectivity index (χ2v) is 4.93. The molecule has 0 aromatic rings. The van der Waals surface area contributed by atoms with Crippen LogP contribution in [0.15, 0.2) is 12.7 Å². The van der Waals surface area contributed by atoms with Crippen LogP contribution in [-0.4, -0.2) is 22.5 Å². The minimum atomic E-state index is -0.809. The smallest absolute Gasteiger partial charge is 0.308 e. The standard InChI is InChI=1S/C13H21NO3/c1-3-4-8-11(15)14-13(2)9-6-5-7-10(13)12(16)17/h3,10H,1,4-9H2,2H3,(H,14,15)(H,16,17). The van der Waals surface area contributed by atoms with E-state index in [1.807, 2.05) is 6.92 Å². The summed E-state index contributed by atoms with van der Waals surface area (Å²) in [6, 6.07) is 0. The first-order valence-corrected chi connectivity index (χ1v) is 6.14. The van der Waals surface area contributed by atoms with E-state index in [1.54, 1.807) is 6.08 Å². The first-order valence-electron chi connectivity index (χ1n) is 6.14. The van der Waals surface area contributed by atoms with Gasteiger partial charge >= 0.3 is 5.97 Å². The third-order valence-corrected chi connectivity index (χ3v) is 3.51. The van der Waals surface area contributed by atoms with Crippen LogP contribution in [0, 0.1) is 5.92 Å². The van der Waals surface area contributed by atoms with E-state index < -0.39 is 17.4 Å². The molecule has 1 saturated carbocycles. The number of hydrogen-bond donors (Lipinski definition) is 2. The Morgan fingerprint density at radius 2 is 2.24 bits per heavy atom. The number of aliphatic carboxylic acids is 1. The highest BCUT2D eigenvalue weighted by molar-refractivity contribution is 5.79. The van der Waals surface area contributed by atoms with Crippen LogP contribution >= 0.6 is 0 Å². The quantitative estimate of drug-likeness (QED) is 0.722. The van der Waals surface area contributed by atoms with Gasteiger partial charge in [0.2, 0.25) is 5.91 Å². The first kappa shape index (κ1) is 13.7.